The minimum Gasteiger partial charge on any atom is -0.374 e. The summed E-state index contributed by atoms with van der Waals surface area (Å²) < 4.78 is 1.39. The van der Waals surface area contributed by atoms with Gasteiger partial charge in [0, 0.05) is 0 Å². The molecule has 1 unspecified atom stereocenters. The predicted molar refractivity (Wildman–Crippen MR) is 52.4 cm³/mol. The maximum absolute atomic E-state index is 5.60. The number of hydrogen-bond acceptors (Lipinski definition) is 9. The smallest absolute Gasteiger partial charge is 0.203 e. The fourth-order valence-corrected chi connectivity index (χ4v) is 1.99. The van der Waals surface area contributed by atoms with Crippen molar-refractivity contribution in [2.45, 2.75) is 6.17 Å². The summed E-state index contributed by atoms with van der Waals surface area (Å²) in [4.78, 5) is 0. The molecule has 2 rings (SSSR count). The Morgan fingerprint density at radius 1 is 1.54 bits per heavy atom. The van der Waals surface area contributed by atoms with Gasteiger partial charge < -0.3 is 5.73 Å². The molecule has 70 valence electrons. The molecule has 0 saturated heterocycles. The Balaban J connectivity index is 2.26. The zero-order valence-corrected chi connectivity index (χ0v) is 8.11. The van der Waals surface area contributed by atoms with Crippen LogP contribution in [0.15, 0.2) is 5.10 Å². The number of hydrogen-bond donors (Lipinski definition) is 3. The summed E-state index contributed by atoms with van der Waals surface area (Å²) in [6.07, 6.45) is 1.13. The molecule has 0 aromatic carbocycles. The lowest BCUT2D eigenvalue weighted by molar-refractivity contribution is 0.236. The molecule has 0 radical (unpaired) electrons. The van der Waals surface area contributed by atoms with Crippen molar-refractivity contribution < 1.29 is 0 Å². The summed E-state index contributed by atoms with van der Waals surface area (Å²) in [5, 5.41) is 13.8. The highest BCUT2D eigenvalue weighted by Crippen LogP contribution is 2.30. The molecular formula is C4H7N7S2. The number of nitrogens with zero attached hydrogens (tertiary/aromatic N) is 5. The van der Waals surface area contributed by atoms with Crippen molar-refractivity contribution in [3.05, 3.63) is 5.01 Å². The van der Waals surface area contributed by atoms with Crippen LogP contribution < -0.4 is 11.6 Å². The molecule has 0 saturated carbocycles. The first-order valence-corrected chi connectivity index (χ1v) is 4.54. The Morgan fingerprint density at radius 2 is 2.31 bits per heavy atom. The van der Waals surface area contributed by atoms with Gasteiger partial charge in [-0.1, -0.05) is 11.3 Å². The van der Waals surface area contributed by atoms with Crippen molar-refractivity contribution in [3.63, 3.8) is 0 Å². The number of hydrazine groups is 1. The molecule has 13 heavy (non-hydrogen) atoms. The van der Waals surface area contributed by atoms with Gasteiger partial charge in [-0.15, -0.1) is 10.2 Å². The van der Waals surface area contributed by atoms with Crippen LogP contribution in [0.3, 0.4) is 0 Å². The molecule has 0 bridgehead atoms. The van der Waals surface area contributed by atoms with Crippen molar-refractivity contribution in [2.24, 2.45) is 10.9 Å². The summed E-state index contributed by atoms with van der Waals surface area (Å²) in [6.45, 7) is 0. The van der Waals surface area contributed by atoms with Gasteiger partial charge >= 0.3 is 0 Å². The first kappa shape index (κ1) is 8.53. The first-order valence-electron chi connectivity index (χ1n) is 3.32. The lowest BCUT2D eigenvalue weighted by atomic mass is 10.5. The van der Waals surface area contributed by atoms with Crippen LogP contribution in [0.1, 0.15) is 11.2 Å². The van der Waals surface area contributed by atoms with Gasteiger partial charge in [0.05, 0.1) is 0 Å². The van der Waals surface area contributed by atoms with Crippen LogP contribution in [0.5, 0.6) is 0 Å². The average Bonchev–Trinajstić information content (AvgIpc) is 2.60. The van der Waals surface area contributed by atoms with E-state index in [-0.39, 0.29) is 6.17 Å². The number of nitrogen functional groups attached to an aromatic ring is 1. The maximum atomic E-state index is 5.60. The van der Waals surface area contributed by atoms with Crippen LogP contribution in [0.4, 0.5) is 5.13 Å². The number of nitrogens with two attached hydrogens (primary N) is 2. The molecule has 0 amide bonds. The minimum absolute atomic E-state index is 0.321. The zero-order valence-electron chi connectivity index (χ0n) is 6.40. The molecule has 0 aliphatic carbocycles. The predicted octanol–water partition coefficient (Wildman–Crippen LogP) is -0.602. The van der Waals surface area contributed by atoms with Crippen LogP contribution in [0, 0.1) is 0 Å². The second-order valence-corrected chi connectivity index (χ2v) is 3.80. The molecular weight excluding hydrogens is 210 g/mol. The largest absolute Gasteiger partial charge is 0.374 e. The molecule has 1 aromatic rings. The molecule has 0 fully saturated rings. The van der Waals surface area contributed by atoms with Crippen molar-refractivity contribution in [1.82, 2.24) is 19.6 Å². The number of aromatic nitrogens is 2. The van der Waals surface area contributed by atoms with E-state index in [2.05, 4.69) is 28.1 Å². The lowest BCUT2D eigenvalue weighted by Crippen LogP contribution is -2.33. The summed E-state index contributed by atoms with van der Waals surface area (Å²) in [6, 6.07) is 0. The number of hydrazone groups is 1. The van der Waals surface area contributed by atoms with E-state index in [0.717, 1.165) is 0 Å². The van der Waals surface area contributed by atoms with E-state index >= 15 is 0 Å². The van der Waals surface area contributed by atoms with E-state index in [1.807, 2.05) is 0 Å². The van der Waals surface area contributed by atoms with E-state index in [0.29, 0.717) is 10.1 Å². The Bertz CT molecular complexity index is 323. The maximum Gasteiger partial charge on any atom is 0.203 e. The van der Waals surface area contributed by atoms with Crippen LogP contribution in [-0.2, 0) is 0 Å². The van der Waals surface area contributed by atoms with E-state index in [1.165, 1.54) is 27.1 Å². The molecule has 1 aliphatic rings. The quantitative estimate of drug-likeness (QED) is 0.429. The molecule has 1 aliphatic heterocycles. The van der Waals surface area contributed by atoms with Gasteiger partial charge in [0.25, 0.3) is 0 Å². The third-order valence-electron chi connectivity index (χ3n) is 1.48. The number of anilines is 1. The van der Waals surface area contributed by atoms with Gasteiger partial charge in [-0.2, -0.15) is 5.10 Å². The number of rotatable bonds is 1. The Hall–Kier alpha value is -1.06. The van der Waals surface area contributed by atoms with Crippen molar-refractivity contribution in [3.8, 4) is 0 Å². The Morgan fingerprint density at radius 3 is 2.77 bits per heavy atom. The van der Waals surface area contributed by atoms with Gasteiger partial charge in [-0.25, -0.2) is 10.3 Å². The van der Waals surface area contributed by atoms with Gasteiger partial charge in [-0.3, -0.25) is 5.01 Å². The number of thiol groups is 1. The van der Waals surface area contributed by atoms with Gasteiger partial charge in [0.15, 0.2) is 11.2 Å². The van der Waals surface area contributed by atoms with Crippen molar-refractivity contribution >= 4 is 35.6 Å². The van der Waals surface area contributed by atoms with Crippen LogP contribution >= 0.6 is 24.2 Å². The Labute approximate surface area is 83.5 Å². The Kier molecular flexibility index (Phi) is 1.98. The fraction of sp³-hybridized carbons (Fsp3) is 0.250. The van der Waals surface area contributed by atoms with E-state index in [9.17, 15) is 0 Å². The summed E-state index contributed by atoms with van der Waals surface area (Å²) in [5.41, 5.74) is 5.44. The summed E-state index contributed by atoms with van der Waals surface area (Å²) >= 11 is 5.34. The third kappa shape index (κ3) is 1.41. The molecule has 7 nitrogen and oxygen atoms in total. The standard InChI is InChI=1S/C4H7N7S2/c5-4-9-8-2(13-4)3-10(6)1-7-11(3)12/h1,3,12H,6H2,(H2,5,9). The monoisotopic (exact) mass is 217 g/mol. The van der Waals surface area contributed by atoms with Gasteiger partial charge in [0.2, 0.25) is 5.13 Å². The zero-order chi connectivity index (χ0) is 9.42. The first-order chi connectivity index (χ1) is 6.18. The van der Waals surface area contributed by atoms with Gasteiger partial charge in [-0.05, 0) is 12.8 Å². The molecule has 0 spiro atoms. The molecule has 2 heterocycles. The van der Waals surface area contributed by atoms with Crippen molar-refractivity contribution in [2.75, 3.05) is 5.73 Å². The van der Waals surface area contributed by atoms with Crippen LogP contribution in [0.2, 0.25) is 0 Å². The van der Waals surface area contributed by atoms with E-state index < -0.39 is 0 Å². The second-order valence-electron chi connectivity index (χ2n) is 2.35. The topological polar surface area (TPSA) is 96.7 Å². The third-order valence-corrected chi connectivity index (χ3v) is 2.60. The highest BCUT2D eigenvalue weighted by molar-refractivity contribution is 7.77. The summed E-state index contributed by atoms with van der Waals surface area (Å²) in [5.74, 6) is 5.60. The molecule has 1 aromatic heterocycles. The highest BCUT2D eigenvalue weighted by atomic mass is 32.1. The van der Waals surface area contributed by atoms with Crippen LogP contribution in [-0.4, -0.2) is 26.0 Å². The van der Waals surface area contributed by atoms with E-state index in [1.54, 1.807) is 0 Å². The SMILES string of the molecule is Nc1nnc(C2N(N)C=NN2S)s1. The molecule has 9 heteroatoms. The van der Waals surface area contributed by atoms with Crippen molar-refractivity contribution in [1.29, 1.82) is 0 Å². The summed E-state index contributed by atoms with van der Waals surface area (Å²) in [7, 11) is 0. The average molecular weight is 217 g/mol. The van der Waals surface area contributed by atoms with Crippen LogP contribution in [0.25, 0.3) is 0 Å². The highest BCUT2D eigenvalue weighted by Gasteiger charge is 2.29. The molecule has 1 atom stereocenters. The lowest BCUT2D eigenvalue weighted by Gasteiger charge is -2.19. The molecule has 4 N–H and O–H groups in total. The van der Waals surface area contributed by atoms with Gasteiger partial charge in [0.1, 0.15) is 6.34 Å². The minimum atomic E-state index is -0.321. The normalized spacial score (nSPS) is 21.5. The van der Waals surface area contributed by atoms with E-state index in [4.69, 9.17) is 11.6 Å². The fourth-order valence-electron chi connectivity index (χ4n) is 0.935. The second kappa shape index (κ2) is 3.01.